The number of pyridine rings is 6. The molecule has 0 bridgehead atoms. The molecule has 6 heteroatoms. The molecule has 0 atom stereocenters. The van der Waals surface area contributed by atoms with Gasteiger partial charge in [-0.1, -0.05) is 109 Å². The van der Waals surface area contributed by atoms with Gasteiger partial charge in [-0.2, -0.15) is 0 Å². The van der Waals surface area contributed by atoms with Gasteiger partial charge in [0, 0.05) is 67.6 Å². The molecule has 6 heterocycles. The fraction of sp³-hybridized carbons (Fsp3) is 0. The summed E-state index contributed by atoms with van der Waals surface area (Å²) in [4.78, 5) is 29.6. The molecule has 0 fully saturated rings. The van der Waals surface area contributed by atoms with Crippen LogP contribution in [0.4, 0.5) is 0 Å². The Morgan fingerprint density at radius 1 is 0.276 bits per heavy atom. The van der Waals surface area contributed by atoms with Crippen molar-refractivity contribution in [3.8, 4) is 44.9 Å². The maximum absolute atomic E-state index is 5.20. The van der Waals surface area contributed by atoms with E-state index in [4.69, 9.17) is 19.9 Å². The van der Waals surface area contributed by atoms with E-state index in [2.05, 4.69) is 156 Å². The summed E-state index contributed by atoms with van der Waals surface area (Å²) in [6, 6.07) is 57.2. The minimum atomic E-state index is 0.884. The van der Waals surface area contributed by atoms with E-state index < -0.39 is 0 Å². The molecule has 6 aromatic carbocycles. The highest BCUT2D eigenvalue weighted by atomic mass is 14.8. The van der Waals surface area contributed by atoms with Crippen LogP contribution in [0.5, 0.6) is 0 Å². The van der Waals surface area contributed by atoms with E-state index in [0.29, 0.717) is 0 Å². The summed E-state index contributed by atoms with van der Waals surface area (Å²) < 4.78 is 0. The maximum Gasteiger partial charge on any atom is 0.0972 e. The first-order valence-electron chi connectivity index (χ1n) is 19.3. The third-order valence-electron chi connectivity index (χ3n) is 11.4. The second-order valence-electron chi connectivity index (χ2n) is 14.7. The van der Waals surface area contributed by atoms with Gasteiger partial charge in [-0.05, 0) is 76.5 Å². The maximum atomic E-state index is 5.20. The van der Waals surface area contributed by atoms with E-state index in [1.54, 1.807) is 0 Å². The van der Waals surface area contributed by atoms with Crippen molar-refractivity contribution in [2.75, 3.05) is 0 Å². The van der Waals surface area contributed by atoms with Crippen LogP contribution in [-0.4, -0.2) is 29.9 Å². The topological polar surface area (TPSA) is 77.3 Å². The standard InChI is InChI=1S/C52H30N6/c1-2-8-39-38(7-1)40(19-20-41(39)47-23-15-34-11-10-32-5-3-26-53-49(32)51(34)58-47)45-24-17-37-29-35(16-21-44(37)56-45)36-12-9-31-14-22-46(57-48(31)30-36)42-25-28-55-52-43(42)18-13-33-6-4-27-54-50(33)52/h1-30H. The van der Waals surface area contributed by atoms with Crippen LogP contribution < -0.4 is 0 Å². The van der Waals surface area contributed by atoms with E-state index in [1.165, 1.54) is 0 Å². The van der Waals surface area contributed by atoms with E-state index in [9.17, 15) is 0 Å². The Morgan fingerprint density at radius 3 is 1.57 bits per heavy atom. The Kier molecular flexibility index (Phi) is 7.13. The van der Waals surface area contributed by atoms with Crippen molar-refractivity contribution < 1.29 is 0 Å². The molecular formula is C52H30N6. The summed E-state index contributed by atoms with van der Waals surface area (Å²) in [5.74, 6) is 0. The second-order valence-corrected chi connectivity index (χ2v) is 14.7. The number of hydrogen-bond acceptors (Lipinski definition) is 6. The molecular weight excluding hydrogens is 709 g/mol. The fourth-order valence-corrected chi connectivity index (χ4v) is 8.50. The molecule has 58 heavy (non-hydrogen) atoms. The van der Waals surface area contributed by atoms with Crippen molar-refractivity contribution in [3.05, 3.63) is 182 Å². The minimum Gasteiger partial charge on any atom is -0.254 e. The van der Waals surface area contributed by atoms with Gasteiger partial charge < -0.3 is 0 Å². The number of benzene rings is 6. The lowest BCUT2D eigenvalue weighted by atomic mass is 9.95. The summed E-state index contributed by atoms with van der Waals surface area (Å²) >= 11 is 0. The predicted molar refractivity (Wildman–Crippen MR) is 237 cm³/mol. The van der Waals surface area contributed by atoms with Gasteiger partial charge in [0.25, 0.3) is 0 Å². The average molecular weight is 739 g/mol. The van der Waals surface area contributed by atoms with E-state index >= 15 is 0 Å². The molecule has 0 aliphatic heterocycles. The third kappa shape index (κ3) is 5.20. The lowest BCUT2D eigenvalue weighted by Gasteiger charge is -2.13. The Balaban J connectivity index is 0.896. The lowest BCUT2D eigenvalue weighted by Crippen LogP contribution is -1.92. The first-order valence-corrected chi connectivity index (χ1v) is 19.3. The lowest BCUT2D eigenvalue weighted by molar-refractivity contribution is 1.36. The number of aromatic nitrogens is 6. The van der Waals surface area contributed by atoms with Crippen LogP contribution >= 0.6 is 0 Å². The van der Waals surface area contributed by atoms with Gasteiger partial charge >= 0.3 is 0 Å². The molecule has 12 aromatic rings. The predicted octanol–water partition coefficient (Wildman–Crippen LogP) is 12.8. The highest BCUT2D eigenvalue weighted by Crippen LogP contribution is 2.37. The molecule has 6 nitrogen and oxygen atoms in total. The molecule has 0 saturated carbocycles. The number of hydrogen-bond donors (Lipinski definition) is 0. The normalized spacial score (nSPS) is 11.8. The molecule has 6 aromatic heterocycles. The first-order chi connectivity index (χ1) is 28.7. The molecule has 0 radical (unpaired) electrons. The summed E-state index contributed by atoms with van der Waals surface area (Å²) in [6.45, 7) is 0. The Morgan fingerprint density at radius 2 is 0.810 bits per heavy atom. The monoisotopic (exact) mass is 738 g/mol. The summed E-state index contributed by atoms with van der Waals surface area (Å²) in [5, 5.41) is 8.70. The molecule has 0 aliphatic rings. The minimum absolute atomic E-state index is 0.884. The zero-order valence-corrected chi connectivity index (χ0v) is 31.0. The molecule has 0 aliphatic carbocycles. The van der Waals surface area contributed by atoms with Gasteiger partial charge in [-0.3, -0.25) is 15.0 Å². The van der Waals surface area contributed by atoms with E-state index in [0.717, 1.165) is 121 Å². The molecule has 0 spiro atoms. The van der Waals surface area contributed by atoms with Gasteiger partial charge in [0.2, 0.25) is 0 Å². The summed E-state index contributed by atoms with van der Waals surface area (Å²) in [6.07, 6.45) is 5.50. The summed E-state index contributed by atoms with van der Waals surface area (Å²) in [7, 11) is 0. The zero-order chi connectivity index (χ0) is 38.2. The number of nitrogens with zero attached hydrogens (tertiary/aromatic N) is 6. The molecule has 12 rings (SSSR count). The van der Waals surface area contributed by atoms with Crippen LogP contribution in [0.2, 0.25) is 0 Å². The fourth-order valence-electron chi connectivity index (χ4n) is 8.50. The molecule has 268 valence electrons. The van der Waals surface area contributed by atoms with Crippen molar-refractivity contribution in [1.82, 2.24) is 29.9 Å². The smallest absolute Gasteiger partial charge is 0.0972 e. The third-order valence-corrected chi connectivity index (χ3v) is 11.4. The molecule has 0 amide bonds. The first kappa shape index (κ1) is 32.3. The molecule has 0 N–H and O–H groups in total. The van der Waals surface area contributed by atoms with Crippen molar-refractivity contribution in [3.63, 3.8) is 0 Å². The van der Waals surface area contributed by atoms with Gasteiger partial charge in [-0.15, -0.1) is 0 Å². The van der Waals surface area contributed by atoms with Gasteiger partial charge in [0.1, 0.15) is 0 Å². The average Bonchev–Trinajstić information content (AvgIpc) is 3.30. The van der Waals surface area contributed by atoms with Crippen LogP contribution in [0.15, 0.2) is 182 Å². The Labute approximate surface area is 332 Å². The Bertz CT molecular complexity index is 3650. The van der Waals surface area contributed by atoms with Crippen molar-refractivity contribution in [2.24, 2.45) is 0 Å². The van der Waals surface area contributed by atoms with Crippen LogP contribution in [0.25, 0.3) is 121 Å². The zero-order valence-electron chi connectivity index (χ0n) is 31.0. The van der Waals surface area contributed by atoms with Crippen molar-refractivity contribution in [1.29, 1.82) is 0 Å². The van der Waals surface area contributed by atoms with Gasteiger partial charge in [0.15, 0.2) is 0 Å². The SMILES string of the molecule is c1cnc2c(c1)ccc1ccc(-c3ccc(-c4ccc5cc(-c6ccc7ccc(-c8ccnc9c8ccc8cccnc89)nc7c6)ccc5n4)c4ccccc34)nc12. The van der Waals surface area contributed by atoms with Crippen molar-refractivity contribution in [2.45, 2.75) is 0 Å². The number of fused-ring (bicyclic) bond motifs is 9. The van der Waals surface area contributed by atoms with Crippen LogP contribution in [0.1, 0.15) is 0 Å². The molecule has 0 unspecified atom stereocenters. The van der Waals surface area contributed by atoms with Crippen LogP contribution in [-0.2, 0) is 0 Å². The number of rotatable bonds is 4. The van der Waals surface area contributed by atoms with E-state index in [-0.39, 0.29) is 0 Å². The van der Waals surface area contributed by atoms with Crippen LogP contribution in [0, 0.1) is 0 Å². The Hall–Kier alpha value is -7.96. The largest absolute Gasteiger partial charge is 0.254 e. The summed E-state index contributed by atoms with van der Waals surface area (Å²) in [5.41, 5.74) is 13.7. The van der Waals surface area contributed by atoms with Crippen LogP contribution in [0.3, 0.4) is 0 Å². The molecule has 0 saturated heterocycles. The highest BCUT2D eigenvalue weighted by Gasteiger charge is 2.15. The van der Waals surface area contributed by atoms with Gasteiger partial charge in [-0.25, -0.2) is 15.0 Å². The highest BCUT2D eigenvalue weighted by molar-refractivity contribution is 6.09. The second kappa shape index (κ2) is 12.8. The van der Waals surface area contributed by atoms with Crippen molar-refractivity contribution >= 4 is 76.2 Å². The van der Waals surface area contributed by atoms with E-state index in [1.807, 2.05) is 36.8 Å². The quantitative estimate of drug-likeness (QED) is 0.167. The van der Waals surface area contributed by atoms with Gasteiger partial charge in [0.05, 0.1) is 50.2 Å².